The molecule has 6 heteroatoms. The first-order chi connectivity index (χ1) is 12.2. The summed E-state index contributed by atoms with van der Waals surface area (Å²) in [4.78, 5) is 23.6. The van der Waals surface area contributed by atoms with Crippen LogP contribution in [-0.2, 0) is 6.54 Å². The Morgan fingerprint density at radius 1 is 1.28 bits per heavy atom. The van der Waals surface area contributed by atoms with E-state index in [9.17, 15) is 9.18 Å². The number of aromatic nitrogens is 3. The molecule has 3 aromatic rings. The predicted molar refractivity (Wildman–Crippen MR) is 92.9 cm³/mol. The Bertz CT molecular complexity index is 919. The largest absolute Gasteiger partial charge is 0.338 e. The fourth-order valence-corrected chi connectivity index (χ4v) is 3.53. The molecular weight excluding hydrogens is 319 g/mol. The number of benzene rings is 1. The zero-order valence-corrected chi connectivity index (χ0v) is 14.0. The van der Waals surface area contributed by atoms with Crippen LogP contribution < -0.4 is 0 Å². The number of halogens is 1. The molecule has 1 aliphatic rings. The second kappa shape index (κ2) is 6.27. The number of nitrogens with zero attached hydrogens (tertiary/aromatic N) is 4. The first kappa shape index (κ1) is 15.7. The highest BCUT2D eigenvalue weighted by Crippen LogP contribution is 2.29. The Labute approximate surface area is 145 Å². The highest BCUT2D eigenvalue weighted by molar-refractivity contribution is 5.94. The number of hydrogen-bond acceptors (Lipinski definition) is 3. The summed E-state index contributed by atoms with van der Waals surface area (Å²) in [5.41, 5.74) is 2.30. The molecular formula is C19H19FN4O. The van der Waals surface area contributed by atoms with Gasteiger partial charge in [-0.05, 0) is 49.7 Å². The normalized spacial score (nSPS) is 17.4. The van der Waals surface area contributed by atoms with E-state index in [1.807, 2.05) is 17.0 Å². The molecule has 1 unspecified atom stereocenters. The van der Waals surface area contributed by atoms with Crippen molar-refractivity contribution in [2.45, 2.75) is 25.8 Å². The molecule has 1 aromatic carbocycles. The standard InChI is InChI=1S/C19H19FN4O/c1-2-24-17(22-16-4-3-10-21-18(16)24)14-9-11-23(12-14)19(25)13-5-7-15(20)8-6-13/h3-8,10,14H,2,9,11-12H2,1H3. The zero-order valence-electron chi connectivity index (χ0n) is 14.0. The lowest BCUT2D eigenvalue weighted by Crippen LogP contribution is -2.28. The molecule has 0 radical (unpaired) electrons. The Balaban J connectivity index is 1.58. The maximum atomic E-state index is 13.1. The van der Waals surface area contributed by atoms with Crippen LogP contribution in [0.4, 0.5) is 4.39 Å². The van der Waals surface area contributed by atoms with E-state index in [1.54, 1.807) is 6.20 Å². The SMILES string of the molecule is CCn1c(C2CCN(C(=O)c3ccc(F)cc3)C2)nc2cccnc21. The van der Waals surface area contributed by atoms with E-state index in [1.165, 1.54) is 24.3 Å². The van der Waals surface area contributed by atoms with Crippen LogP contribution in [0.2, 0.25) is 0 Å². The van der Waals surface area contributed by atoms with Crippen LogP contribution in [0.1, 0.15) is 35.4 Å². The van der Waals surface area contributed by atoms with Crippen molar-refractivity contribution in [3.05, 3.63) is 59.8 Å². The lowest BCUT2D eigenvalue weighted by Gasteiger charge is -2.17. The summed E-state index contributed by atoms with van der Waals surface area (Å²) in [5.74, 6) is 0.795. The number of aryl methyl sites for hydroxylation is 1. The second-order valence-electron chi connectivity index (χ2n) is 6.30. The number of imidazole rings is 1. The van der Waals surface area contributed by atoms with Crippen LogP contribution >= 0.6 is 0 Å². The smallest absolute Gasteiger partial charge is 0.253 e. The van der Waals surface area contributed by atoms with Crippen LogP contribution in [0.3, 0.4) is 0 Å². The van der Waals surface area contributed by atoms with Gasteiger partial charge >= 0.3 is 0 Å². The van der Waals surface area contributed by atoms with Gasteiger partial charge in [-0.2, -0.15) is 0 Å². The molecule has 0 spiro atoms. The number of carbonyl (C=O) groups excluding carboxylic acids is 1. The van der Waals surface area contributed by atoms with E-state index in [4.69, 9.17) is 4.98 Å². The highest BCUT2D eigenvalue weighted by atomic mass is 19.1. The molecule has 1 atom stereocenters. The Morgan fingerprint density at radius 2 is 2.08 bits per heavy atom. The average Bonchev–Trinajstić information content (AvgIpc) is 3.26. The molecule has 25 heavy (non-hydrogen) atoms. The van der Waals surface area contributed by atoms with Crippen molar-refractivity contribution >= 4 is 17.1 Å². The van der Waals surface area contributed by atoms with Crippen LogP contribution in [0.25, 0.3) is 11.2 Å². The third-order valence-corrected chi connectivity index (χ3v) is 4.78. The third kappa shape index (κ3) is 2.77. The quantitative estimate of drug-likeness (QED) is 0.737. The fourth-order valence-electron chi connectivity index (χ4n) is 3.53. The first-order valence-electron chi connectivity index (χ1n) is 8.53. The minimum absolute atomic E-state index is 0.0558. The minimum atomic E-state index is -0.333. The minimum Gasteiger partial charge on any atom is -0.338 e. The summed E-state index contributed by atoms with van der Waals surface area (Å²) >= 11 is 0. The van der Waals surface area contributed by atoms with E-state index in [2.05, 4.69) is 16.5 Å². The van der Waals surface area contributed by atoms with Gasteiger partial charge in [0.05, 0.1) is 0 Å². The van der Waals surface area contributed by atoms with Gasteiger partial charge in [-0.25, -0.2) is 14.4 Å². The van der Waals surface area contributed by atoms with Crippen LogP contribution in [0.5, 0.6) is 0 Å². The summed E-state index contributed by atoms with van der Waals surface area (Å²) in [6.07, 6.45) is 2.65. The summed E-state index contributed by atoms with van der Waals surface area (Å²) in [5, 5.41) is 0. The summed E-state index contributed by atoms with van der Waals surface area (Å²) < 4.78 is 15.2. The van der Waals surface area contributed by atoms with E-state index in [0.717, 1.165) is 30.0 Å². The molecule has 2 aromatic heterocycles. The van der Waals surface area contributed by atoms with Gasteiger partial charge in [-0.1, -0.05) is 0 Å². The molecule has 0 N–H and O–H groups in total. The van der Waals surface area contributed by atoms with E-state index < -0.39 is 0 Å². The second-order valence-corrected chi connectivity index (χ2v) is 6.30. The van der Waals surface area contributed by atoms with Crippen molar-refractivity contribution in [2.24, 2.45) is 0 Å². The van der Waals surface area contributed by atoms with Crippen molar-refractivity contribution in [2.75, 3.05) is 13.1 Å². The van der Waals surface area contributed by atoms with Gasteiger partial charge in [-0.3, -0.25) is 4.79 Å². The van der Waals surface area contributed by atoms with Crippen LogP contribution in [-0.4, -0.2) is 38.4 Å². The number of likely N-dealkylation sites (tertiary alicyclic amines) is 1. The molecule has 3 heterocycles. The van der Waals surface area contributed by atoms with Gasteiger partial charge < -0.3 is 9.47 Å². The topological polar surface area (TPSA) is 51.0 Å². The molecule has 5 nitrogen and oxygen atoms in total. The van der Waals surface area contributed by atoms with Gasteiger partial charge in [0, 0.05) is 37.3 Å². The van der Waals surface area contributed by atoms with E-state index in [0.29, 0.717) is 18.7 Å². The number of fused-ring (bicyclic) bond motifs is 1. The van der Waals surface area contributed by atoms with E-state index in [-0.39, 0.29) is 17.6 Å². The molecule has 1 fully saturated rings. The van der Waals surface area contributed by atoms with Crippen molar-refractivity contribution in [3.63, 3.8) is 0 Å². The first-order valence-corrected chi connectivity index (χ1v) is 8.53. The maximum absolute atomic E-state index is 13.1. The van der Waals surface area contributed by atoms with Gasteiger partial charge in [-0.15, -0.1) is 0 Å². The van der Waals surface area contributed by atoms with Crippen LogP contribution in [0, 0.1) is 5.82 Å². The molecule has 1 amide bonds. The van der Waals surface area contributed by atoms with Gasteiger partial charge in [0.15, 0.2) is 5.65 Å². The molecule has 1 aliphatic heterocycles. The number of pyridine rings is 1. The summed E-state index contributed by atoms with van der Waals surface area (Å²) in [6.45, 7) is 4.18. The molecule has 4 rings (SSSR count). The van der Waals surface area contributed by atoms with Gasteiger partial charge in [0.2, 0.25) is 0 Å². The van der Waals surface area contributed by atoms with Crippen molar-refractivity contribution < 1.29 is 9.18 Å². The Morgan fingerprint density at radius 3 is 2.84 bits per heavy atom. The summed E-state index contributed by atoms with van der Waals surface area (Å²) in [6, 6.07) is 9.57. The number of rotatable bonds is 3. The number of amides is 1. The zero-order chi connectivity index (χ0) is 17.4. The molecule has 1 saturated heterocycles. The van der Waals surface area contributed by atoms with Crippen molar-refractivity contribution in [3.8, 4) is 0 Å². The number of hydrogen-bond donors (Lipinski definition) is 0. The van der Waals surface area contributed by atoms with Gasteiger partial charge in [0.25, 0.3) is 5.91 Å². The van der Waals surface area contributed by atoms with Crippen molar-refractivity contribution in [1.82, 2.24) is 19.4 Å². The lowest BCUT2D eigenvalue weighted by atomic mass is 10.1. The maximum Gasteiger partial charge on any atom is 0.253 e. The average molecular weight is 338 g/mol. The number of carbonyl (C=O) groups is 1. The fraction of sp³-hybridized carbons (Fsp3) is 0.316. The molecule has 0 saturated carbocycles. The van der Waals surface area contributed by atoms with Crippen LogP contribution in [0.15, 0.2) is 42.6 Å². The van der Waals surface area contributed by atoms with E-state index >= 15 is 0 Å². The molecule has 0 bridgehead atoms. The molecule has 0 aliphatic carbocycles. The third-order valence-electron chi connectivity index (χ3n) is 4.78. The Kier molecular flexibility index (Phi) is 3.95. The monoisotopic (exact) mass is 338 g/mol. The Hall–Kier alpha value is -2.76. The lowest BCUT2D eigenvalue weighted by molar-refractivity contribution is 0.0790. The highest BCUT2D eigenvalue weighted by Gasteiger charge is 2.31. The summed E-state index contributed by atoms with van der Waals surface area (Å²) in [7, 11) is 0. The van der Waals surface area contributed by atoms with Gasteiger partial charge in [0.1, 0.15) is 17.2 Å². The van der Waals surface area contributed by atoms with Crippen molar-refractivity contribution in [1.29, 1.82) is 0 Å². The predicted octanol–water partition coefficient (Wildman–Crippen LogP) is 3.22. The molecule has 128 valence electrons.